The van der Waals surface area contributed by atoms with E-state index >= 15 is 0 Å². The number of hydrogen-bond donors (Lipinski definition) is 2. The van der Waals surface area contributed by atoms with Crippen molar-refractivity contribution in [3.63, 3.8) is 0 Å². The molecule has 0 saturated carbocycles. The molecule has 2 N–H and O–H groups in total. The topological polar surface area (TPSA) is 106 Å². The van der Waals surface area contributed by atoms with Gasteiger partial charge in [0.25, 0.3) is 0 Å². The van der Waals surface area contributed by atoms with Gasteiger partial charge in [-0.05, 0) is 85.9 Å². The van der Waals surface area contributed by atoms with E-state index in [9.17, 15) is 8.42 Å². The van der Waals surface area contributed by atoms with Crippen molar-refractivity contribution in [1.29, 1.82) is 0 Å². The van der Waals surface area contributed by atoms with Crippen LogP contribution in [0, 0.1) is 0 Å². The van der Waals surface area contributed by atoms with Crippen molar-refractivity contribution < 1.29 is 22.3 Å². The summed E-state index contributed by atoms with van der Waals surface area (Å²) in [5, 5.41) is 3.83. The molecular weight excluding hydrogens is 536 g/mol. The zero-order chi connectivity index (χ0) is 27.6. The van der Waals surface area contributed by atoms with Crippen molar-refractivity contribution in [2.75, 3.05) is 29.6 Å². The number of benzene rings is 2. The first-order chi connectivity index (χ1) is 18.8. The van der Waals surface area contributed by atoms with Crippen molar-refractivity contribution in [1.82, 2.24) is 10.3 Å². The fourth-order valence-electron chi connectivity index (χ4n) is 4.60. The highest BCUT2D eigenvalue weighted by Crippen LogP contribution is 2.44. The van der Waals surface area contributed by atoms with Crippen molar-refractivity contribution >= 4 is 38.7 Å². The van der Waals surface area contributed by atoms with Gasteiger partial charge in [-0.15, -0.1) is 0 Å². The summed E-state index contributed by atoms with van der Waals surface area (Å²) >= 11 is 5.79. The lowest BCUT2D eigenvalue weighted by Gasteiger charge is -2.27. The number of methoxy groups -OCH3 is 1. The summed E-state index contributed by atoms with van der Waals surface area (Å²) in [6.07, 6.45) is 2.82. The molecular formula is C28H28N4O5S2. The van der Waals surface area contributed by atoms with Gasteiger partial charge in [0, 0.05) is 17.4 Å². The predicted octanol–water partition coefficient (Wildman–Crippen LogP) is 5.30. The Kier molecular flexibility index (Phi) is 7.45. The quantitative estimate of drug-likeness (QED) is 0.262. The first kappa shape index (κ1) is 26.5. The smallest absolute Gasteiger partial charge is 0.229 e. The van der Waals surface area contributed by atoms with Crippen LogP contribution in [-0.2, 0) is 10.0 Å². The van der Waals surface area contributed by atoms with E-state index in [1.54, 1.807) is 18.3 Å². The maximum Gasteiger partial charge on any atom is 0.229 e. The highest BCUT2D eigenvalue weighted by atomic mass is 32.2. The second-order valence-corrected chi connectivity index (χ2v) is 11.0. The highest BCUT2D eigenvalue weighted by molar-refractivity contribution is 7.92. The first-order valence-electron chi connectivity index (χ1n) is 12.3. The van der Waals surface area contributed by atoms with E-state index in [1.165, 1.54) is 7.11 Å². The summed E-state index contributed by atoms with van der Waals surface area (Å²) in [6, 6.07) is 21.7. The average molecular weight is 565 g/mol. The molecule has 2 unspecified atom stereocenters. The summed E-state index contributed by atoms with van der Waals surface area (Å²) < 4.78 is 44.0. The fraction of sp³-hybridized carbons (Fsp3) is 0.214. The molecule has 1 fully saturated rings. The molecule has 4 aromatic rings. The SMILES string of the molecule is CCOc1ccc(-c2ccc(C3C(c4ccccn4)NC(=S)N3c3ccc(OC)c(NS(C)(=O)=O)c3)o2)cc1. The number of furan rings is 1. The van der Waals surface area contributed by atoms with Gasteiger partial charge in [0.1, 0.15) is 29.1 Å². The van der Waals surface area contributed by atoms with Crippen molar-refractivity contribution in [2.45, 2.75) is 19.0 Å². The minimum atomic E-state index is -3.55. The van der Waals surface area contributed by atoms with Crippen molar-refractivity contribution in [3.8, 4) is 22.8 Å². The standard InChI is InChI=1S/C28H28N4O5S2/c1-4-36-20-11-8-18(9-12-20)23-14-15-25(37-23)27-26(21-7-5-6-16-29-21)30-28(38)32(27)19-10-13-24(35-2)22(17-19)31-39(3,33)34/h5-17,26-27,31H,4H2,1-3H3,(H,30,38). The Balaban J connectivity index is 1.57. The predicted molar refractivity (Wildman–Crippen MR) is 155 cm³/mol. The highest BCUT2D eigenvalue weighted by Gasteiger charge is 2.42. The van der Waals surface area contributed by atoms with Gasteiger partial charge in [-0.2, -0.15) is 0 Å². The maximum atomic E-state index is 12.0. The Morgan fingerprint density at radius 2 is 1.90 bits per heavy atom. The molecule has 0 spiro atoms. The van der Waals surface area contributed by atoms with E-state index < -0.39 is 16.1 Å². The molecule has 0 radical (unpaired) electrons. The van der Waals surface area contributed by atoms with Crippen LogP contribution in [-0.4, -0.2) is 38.5 Å². The van der Waals surface area contributed by atoms with Crippen LogP contribution in [0.15, 0.2) is 83.4 Å². The monoisotopic (exact) mass is 564 g/mol. The molecule has 1 aliphatic rings. The van der Waals surface area contributed by atoms with E-state index in [2.05, 4.69) is 15.0 Å². The first-order valence-corrected chi connectivity index (χ1v) is 14.6. The lowest BCUT2D eigenvalue weighted by molar-refractivity contribution is 0.340. The zero-order valence-electron chi connectivity index (χ0n) is 21.6. The third-order valence-corrected chi connectivity index (χ3v) is 7.13. The molecule has 39 heavy (non-hydrogen) atoms. The lowest BCUT2D eigenvalue weighted by atomic mass is 10.0. The molecule has 2 aromatic heterocycles. The summed E-state index contributed by atoms with van der Waals surface area (Å²) in [5.74, 6) is 2.53. The van der Waals surface area contributed by atoms with Gasteiger partial charge in [0.15, 0.2) is 5.11 Å². The number of aromatic nitrogens is 1. The molecule has 2 aromatic carbocycles. The summed E-state index contributed by atoms with van der Waals surface area (Å²) in [6.45, 7) is 2.54. The van der Waals surface area contributed by atoms with Crippen LogP contribution in [0.3, 0.4) is 0 Å². The number of pyridine rings is 1. The molecule has 5 rings (SSSR count). The van der Waals surface area contributed by atoms with Gasteiger partial charge in [-0.3, -0.25) is 9.71 Å². The van der Waals surface area contributed by atoms with Crippen LogP contribution in [0.2, 0.25) is 0 Å². The second-order valence-electron chi connectivity index (χ2n) is 8.91. The number of anilines is 2. The van der Waals surface area contributed by atoms with Gasteiger partial charge >= 0.3 is 0 Å². The van der Waals surface area contributed by atoms with Crippen LogP contribution in [0.1, 0.15) is 30.5 Å². The van der Waals surface area contributed by atoms with Gasteiger partial charge in [0.2, 0.25) is 10.0 Å². The van der Waals surface area contributed by atoms with Gasteiger partial charge in [-0.1, -0.05) is 6.07 Å². The number of ether oxygens (including phenoxy) is 2. The number of sulfonamides is 1. The molecule has 0 aliphatic carbocycles. The molecule has 9 nitrogen and oxygen atoms in total. The van der Waals surface area contributed by atoms with Crippen LogP contribution >= 0.6 is 12.2 Å². The van der Waals surface area contributed by atoms with Gasteiger partial charge in [0.05, 0.1) is 37.4 Å². The average Bonchev–Trinajstić information content (AvgIpc) is 3.53. The van der Waals surface area contributed by atoms with Gasteiger partial charge in [-0.25, -0.2) is 8.42 Å². The maximum absolute atomic E-state index is 12.0. The Morgan fingerprint density at radius 1 is 1.10 bits per heavy atom. The van der Waals surface area contributed by atoms with E-state index in [-0.39, 0.29) is 6.04 Å². The Hall–Kier alpha value is -4.09. The van der Waals surface area contributed by atoms with Crippen LogP contribution in [0.4, 0.5) is 11.4 Å². The van der Waals surface area contributed by atoms with E-state index in [0.29, 0.717) is 40.4 Å². The molecule has 11 heteroatoms. The minimum absolute atomic E-state index is 0.301. The minimum Gasteiger partial charge on any atom is -0.495 e. The Labute approximate surface area is 232 Å². The number of hydrogen-bond acceptors (Lipinski definition) is 7. The van der Waals surface area contributed by atoms with Crippen LogP contribution < -0.4 is 24.4 Å². The van der Waals surface area contributed by atoms with Gasteiger partial charge < -0.3 is 24.1 Å². The van der Waals surface area contributed by atoms with E-state index in [1.807, 2.05) is 72.5 Å². The molecule has 1 aliphatic heterocycles. The molecule has 1 saturated heterocycles. The number of nitrogens with zero attached hydrogens (tertiary/aromatic N) is 2. The fourth-order valence-corrected chi connectivity index (χ4v) is 5.50. The number of nitrogens with one attached hydrogen (secondary N) is 2. The summed E-state index contributed by atoms with van der Waals surface area (Å²) in [7, 11) is -2.07. The van der Waals surface area contributed by atoms with E-state index in [4.69, 9.17) is 26.1 Å². The Bertz CT molecular complexity index is 1570. The number of rotatable bonds is 9. The second kappa shape index (κ2) is 11.0. The van der Waals surface area contributed by atoms with Crippen molar-refractivity contribution in [2.24, 2.45) is 0 Å². The third-order valence-electron chi connectivity index (χ3n) is 6.22. The molecule has 202 valence electrons. The molecule has 2 atom stereocenters. The van der Waals surface area contributed by atoms with Crippen LogP contribution in [0.25, 0.3) is 11.3 Å². The number of thiocarbonyl (C=S) groups is 1. The molecule has 0 amide bonds. The lowest BCUT2D eigenvalue weighted by Crippen LogP contribution is -2.29. The van der Waals surface area contributed by atoms with E-state index in [0.717, 1.165) is 23.3 Å². The summed E-state index contributed by atoms with van der Waals surface area (Å²) in [5.41, 5.74) is 2.65. The molecule has 0 bridgehead atoms. The third kappa shape index (κ3) is 5.69. The molecule has 3 heterocycles. The van der Waals surface area contributed by atoms with Crippen molar-refractivity contribution in [3.05, 3.63) is 90.4 Å². The largest absolute Gasteiger partial charge is 0.495 e. The normalized spacial score (nSPS) is 17.1. The van der Waals surface area contributed by atoms with Crippen LogP contribution in [0.5, 0.6) is 11.5 Å². The zero-order valence-corrected chi connectivity index (χ0v) is 23.3. The summed E-state index contributed by atoms with van der Waals surface area (Å²) in [4.78, 5) is 6.47. The Morgan fingerprint density at radius 3 is 2.56 bits per heavy atom.